The molecular formula is C15H27N3O2S. The quantitative estimate of drug-likeness (QED) is 0.619. The van der Waals surface area contributed by atoms with Gasteiger partial charge >= 0.3 is 0 Å². The van der Waals surface area contributed by atoms with E-state index >= 15 is 0 Å². The van der Waals surface area contributed by atoms with Crippen LogP contribution in [0.5, 0.6) is 0 Å². The Balaban J connectivity index is 2.69. The molecule has 0 aliphatic heterocycles. The number of rotatable bonds is 10. The zero-order chi connectivity index (χ0) is 15.7. The van der Waals surface area contributed by atoms with E-state index in [1.54, 1.807) is 24.3 Å². The Morgan fingerprint density at radius 2 is 1.81 bits per heavy atom. The summed E-state index contributed by atoms with van der Waals surface area (Å²) in [5.74, 6) is 0. The molecule has 0 saturated heterocycles. The number of nitrogens with two attached hydrogens (primary N) is 1. The molecule has 0 fully saturated rings. The van der Waals surface area contributed by atoms with E-state index in [1.807, 2.05) is 6.92 Å². The Bertz CT molecular complexity index is 500. The van der Waals surface area contributed by atoms with Gasteiger partial charge in [-0.25, -0.2) is 13.1 Å². The summed E-state index contributed by atoms with van der Waals surface area (Å²) >= 11 is 0. The van der Waals surface area contributed by atoms with Gasteiger partial charge in [-0.2, -0.15) is 0 Å². The Kier molecular flexibility index (Phi) is 7.71. The largest absolute Gasteiger partial charge is 0.381 e. The molecule has 1 aromatic carbocycles. The molecule has 21 heavy (non-hydrogen) atoms. The molecule has 1 aromatic rings. The maximum absolute atomic E-state index is 12.0. The Hall–Kier alpha value is -1.11. The smallest absolute Gasteiger partial charge is 0.240 e. The van der Waals surface area contributed by atoms with Crippen molar-refractivity contribution in [2.24, 2.45) is 5.73 Å². The summed E-state index contributed by atoms with van der Waals surface area (Å²) in [6.45, 7) is 5.10. The third-order valence-electron chi connectivity index (χ3n) is 3.27. The maximum atomic E-state index is 12.0. The molecule has 0 heterocycles. The summed E-state index contributed by atoms with van der Waals surface area (Å²) < 4.78 is 26.5. The summed E-state index contributed by atoms with van der Waals surface area (Å²) in [6, 6.07) is 7.04. The van der Waals surface area contributed by atoms with Gasteiger partial charge in [0.1, 0.15) is 0 Å². The number of hydrogen-bond donors (Lipinski definition) is 3. The van der Waals surface area contributed by atoms with Gasteiger partial charge in [-0.1, -0.05) is 26.7 Å². The second kappa shape index (κ2) is 9.02. The third-order valence-corrected chi connectivity index (χ3v) is 4.75. The second-order valence-corrected chi connectivity index (χ2v) is 6.91. The minimum absolute atomic E-state index is 0.227. The highest BCUT2D eigenvalue weighted by molar-refractivity contribution is 7.89. The van der Waals surface area contributed by atoms with Crippen molar-refractivity contribution >= 4 is 15.7 Å². The van der Waals surface area contributed by atoms with E-state index in [0.29, 0.717) is 18.0 Å². The summed E-state index contributed by atoms with van der Waals surface area (Å²) in [7, 11) is -3.39. The van der Waals surface area contributed by atoms with Crippen molar-refractivity contribution in [2.45, 2.75) is 50.5 Å². The molecule has 0 aromatic heterocycles. The fourth-order valence-electron chi connectivity index (χ4n) is 1.99. The molecule has 120 valence electrons. The first-order chi connectivity index (χ1) is 10.0. The highest BCUT2D eigenvalue weighted by Crippen LogP contribution is 2.16. The number of nitrogens with one attached hydrogen (secondary N) is 2. The van der Waals surface area contributed by atoms with Gasteiger partial charge in [-0.3, -0.25) is 0 Å². The van der Waals surface area contributed by atoms with Gasteiger partial charge in [0.05, 0.1) is 4.90 Å². The molecule has 6 heteroatoms. The van der Waals surface area contributed by atoms with E-state index in [4.69, 9.17) is 5.73 Å². The van der Waals surface area contributed by atoms with Crippen molar-refractivity contribution in [1.29, 1.82) is 0 Å². The average molecular weight is 313 g/mol. The van der Waals surface area contributed by atoms with Gasteiger partial charge in [-0.15, -0.1) is 0 Å². The Morgan fingerprint density at radius 3 is 2.33 bits per heavy atom. The molecule has 5 nitrogen and oxygen atoms in total. The fraction of sp³-hybridized carbons (Fsp3) is 0.600. The monoisotopic (exact) mass is 313 g/mol. The zero-order valence-electron chi connectivity index (χ0n) is 12.9. The van der Waals surface area contributed by atoms with Crippen LogP contribution in [0.3, 0.4) is 0 Å². The van der Waals surface area contributed by atoms with Crippen LogP contribution in [-0.2, 0) is 10.0 Å². The summed E-state index contributed by atoms with van der Waals surface area (Å²) in [6.07, 6.45) is 4.06. The van der Waals surface area contributed by atoms with Crippen molar-refractivity contribution in [1.82, 2.24) is 4.72 Å². The minimum Gasteiger partial charge on any atom is -0.381 e. The molecule has 1 rings (SSSR count). The van der Waals surface area contributed by atoms with Crippen molar-refractivity contribution in [3.8, 4) is 0 Å². The lowest BCUT2D eigenvalue weighted by molar-refractivity contribution is 0.581. The molecule has 0 saturated carbocycles. The van der Waals surface area contributed by atoms with E-state index < -0.39 is 10.0 Å². The van der Waals surface area contributed by atoms with Crippen LogP contribution in [-0.4, -0.2) is 27.5 Å². The fourth-order valence-corrected chi connectivity index (χ4v) is 3.12. The van der Waals surface area contributed by atoms with Crippen LogP contribution >= 0.6 is 0 Å². The lowest BCUT2D eigenvalue weighted by Crippen LogP contribution is -2.28. The lowest BCUT2D eigenvalue weighted by Gasteiger charge is -2.18. The SMILES string of the molecule is CCCCC(CN)Nc1ccc(S(=O)(=O)NCCC)cc1. The predicted octanol–water partition coefficient (Wildman–Crippen LogP) is 2.30. The van der Waals surface area contributed by atoms with Crippen LogP contribution in [0.4, 0.5) is 5.69 Å². The first-order valence-electron chi connectivity index (χ1n) is 7.59. The van der Waals surface area contributed by atoms with Crippen LogP contribution in [0.15, 0.2) is 29.2 Å². The van der Waals surface area contributed by atoms with Crippen LogP contribution in [0.1, 0.15) is 39.5 Å². The molecule has 1 unspecified atom stereocenters. The van der Waals surface area contributed by atoms with E-state index in [0.717, 1.165) is 31.4 Å². The van der Waals surface area contributed by atoms with Gasteiger partial charge in [0.2, 0.25) is 10.0 Å². The van der Waals surface area contributed by atoms with Crippen LogP contribution in [0, 0.1) is 0 Å². The van der Waals surface area contributed by atoms with Crippen molar-refractivity contribution in [3.05, 3.63) is 24.3 Å². The Labute approximate surface area is 128 Å². The van der Waals surface area contributed by atoms with Crippen LogP contribution in [0.2, 0.25) is 0 Å². The summed E-state index contributed by atoms with van der Waals surface area (Å²) in [5.41, 5.74) is 6.65. The van der Waals surface area contributed by atoms with E-state index in [9.17, 15) is 8.42 Å². The average Bonchev–Trinajstić information content (AvgIpc) is 2.50. The predicted molar refractivity (Wildman–Crippen MR) is 87.9 cm³/mol. The Morgan fingerprint density at radius 1 is 1.14 bits per heavy atom. The van der Waals surface area contributed by atoms with Gasteiger partial charge < -0.3 is 11.1 Å². The molecule has 0 spiro atoms. The van der Waals surface area contributed by atoms with Gasteiger partial charge in [0.15, 0.2) is 0 Å². The normalized spacial score (nSPS) is 13.1. The molecule has 0 aliphatic carbocycles. The van der Waals surface area contributed by atoms with Crippen molar-refractivity contribution in [3.63, 3.8) is 0 Å². The molecule has 0 aliphatic rings. The standard InChI is InChI=1S/C15H27N3O2S/c1-3-5-6-14(12-16)18-13-7-9-15(10-8-13)21(19,20)17-11-4-2/h7-10,14,17-18H,3-6,11-12,16H2,1-2H3. The zero-order valence-corrected chi connectivity index (χ0v) is 13.7. The van der Waals surface area contributed by atoms with Gasteiger partial charge in [0, 0.05) is 24.8 Å². The second-order valence-electron chi connectivity index (χ2n) is 5.14. The molecule has 0 bridgehead atoms. The summed E-state index contributed by atoms with van der Waals surface area (Å²) in [5, 5.41) is 3.35. The van der Waals surface area contributed by atoms with E-state index in [1.165, 1.54) is 0 Å². The number of unbranched alkanes of at least 4 members (excludes halogenated alkanes) is 1. The lowest BCUT2D eigenvalue weighted by atomic mass is 10.1. The minimum atomic E-state index is -3.39. The molecule has 4 N–H and O–H groups in total. The van der Waals surface area contributed by atoms with E-state index in [-0.39, 0.29) is 6.04 Å². The van der Waals surface area contributed by atoms with Gasteiger partial charge in [0.25, 0.3) is 0 Å². The molecular weight excluding hydrogens is 286 g/mol. The van der Waals surface area contributed by atoms with Crippen LogP contribution < -0.4 is 15.8 Å². The van der Waals surface area contributed by atoms with Gasteiger partial charge in [-0.05, 0) is 37.1 Å². The first-order valence-corrected chi connectivity index (χ1v) is 9.08. The molecule has 0 radical (unpaired) electrons. The maximum Gasteiger partial charge on any atom is 0.240 e. The molecule has 0 amide bonds. The molecule has 1 atom stereocenters. The van der Waals surface area contributed by atoms with E-state index in [2.05, 4.69) is 17.0 Å². The highest BCUT2D eigenvalue weighted by atomic mass is 32.2. The van der Waals surface area contributed by atoms with Crippen molar-refractivity contribution in [2.75, 3.05) is 18.4 Å². The van der Waals surface area contributed by atoms with Crippen molar-refractivity contribution < 1.29 is 8.42 Å². The number of benzene rings is 1. The number of hydrogen-bond acceptors (Lipinski definition) is 4. The number of anilines is 1. The summed E-state index contributed by atoms with van der Waals surface area (Å²) in [4.78, 5) is 0.291. The third kappa shape index (κ3) is 6.03. The first kappa shape index (κ1) is 17.9. The number of sulfonamides is 1. The topological polar surface area (TPSA) is 84.2 Å². The highest BCUT2D eigenvalue weighted by Gasteiger charge is 2.13. The van der Waals surface area contributed by atoms with Crippen LogP contribution in [0.25, 0.3) is 0 Å².